The van der Waals surface area contributed by atoms with Gasteiger partial charge in [0.15, 0.2) is 5.52 Å². The number of imidazole rings is 1. The first-order chi connectivity index (χ1) is 6.72. The summed E-state index contributed by atoms with van der Waals surface area (Å²) >= 11 is 4.04. The van der Waals surface area contributed by atoms with Crippen LogP contribution in [0.25, 0.3) is 11.0 Å². The van der Waals surface area contributed by atoms with Crippen LogP contribution in [0.3, 0.4) is 0 Å². The molecule has 14 heavy (non-hydrogen) atoms. The average Bonchev–Trinajstić information content (AvgIpc) is 2.59. The molecular formula is C8H7N3O2S. The van der Waals surface area contributed by atoms with Crippen LogP contribution in [-0.4, -0.2) is 14.9 Å². The molecule has 0 saturated heterocycles. The summed E-state index contributed by atoms with van der Waals surface area (Å²) in [4.78, 5) is 17.2. The number of thiol groups is 1. The second-order valence-corrected chi connectivity index (χ2v) is 3.09. The maximum absolute atomic E-state index is 10.6. The van der Waals surface area contributed by atoms with Crippen molar-refractivity contribution in [3.8, 4) is 0 Å². The third-order valence-electron chi connectivity index (χ3n) is 1.89. The van der Waals surface area contributed by atoms with Gasteiger partial charge in [-0.25, -0.2) is 4.98 Å². The van der Waals surface area contributed by atoms with E-state index < -0.39 is 4.92 Å². The molecule has 0 amide bonds. The molecule has 0 aliphatic heterocycles. The minimum atomic E-state index is -0.439. The van der Waals surface area contributed by atoms with Crippen molar-refractivity contribution in [1.82, 2.24) is 9.97 Å². The van der Waals surface area contributed by atoms with Crippen molar-refractivity contribution in [1.29, 1.82) is 0 Å². The van der Waals surface area contributed by atoms with E-state index in [1.54, 1.807) is 12.1 Å². The molecule has 1 aromatic carbocycles. The molecule has 6 heteroatoms. The van der Waals surface area contributed by atoms with Gasteiger partial charge < -0.3 is 4.98 Å². The van der Waals surface area contributed by atoms with Crippen molar-refractivity contribution in [2.45, 2.75) is 5.75 Å². The minimum absolute atomic E-state index is 0.0202. The number of hydrogen-bond donors (Lipinski definition) is 2. The Hall–Kier alpha value is -1.56. The van der Waals surface area contributed by atoms with Crippen LogP contribution in [0.15, 0.2) is 18.2 Å². The molecule has 0 bridgehead atoms. The lowest BCUT2D eigenvalue weighted by atomic mass is 10.3. The molecule has 0 unspecified atom stereocenters. The predicted octanol–water partition coefficient (Wildman–Crippen LogP) is 1.90. The lowest BCUT2D eigenvalue weighted by Gasteiger charge is -1.90. The van der Waals surface area contributed by atoms with Gasteiger partial charge in [-0.15, -0.1) is 0 Å². The van der Waals surface area contributed by atoms with Gasteiger partial charge in [0.1, 0.15) is 5.82 Å². The molecule has 0 fully saturated rings. The van der Waals surface area contributed by atoms with E-state index in [9.17, 15) is 10.1 Å². The molecule has 5 nitrogen and oxygen atoms in total. The molecule has 0 aliphatic carbocycles. The number of nitrogens with zero attached hydrogens (tertiary/aromatic N) is 2. The second kappa shape index (κ2) is 3.30. The normalized spacial score (nSPS) is 10.6. The van der Waals surface area contributed by atoms with E-state index in [0.717, 1.165) is 0 Å². The minimum Gasteiger partial charge on any atom is -0.341 e. The molecule has 72 valence electrons. The number of para-hydroxylation sites is 1. The Morgan fingerprint density at radius 3 is 3.00 bits per heavy atom. The van der Waals surface area contributed by atoms with Gasteiger partial charge in [-0.05, 0) is 6.07 Å². The Bertz CT molecular complexity index is 494. The number of hydrogen-bond acceptors (Lipinski definition) is 4. The zero-order chi connectivity index (χ0) is 10.1. The van der Waals surface area contributed by atoms with Gasteiger partial charge in [-0.3, -0.25) is 10.1 Å². The Morgan fingerprint density at radius 2 is 2.36 bits per heavy atom. The van der Waals surface area contributed by atoms with Gasteiger partial charge in [0.2, 0.25) is 0 Å². The van der Waals surface area contributed by atoms with E-state index in [4.69, 9.17) is 0 Å². The summed E-state index contributed by atoms with van der Waals surface area (Å²) in [5, 5.41) is 10.6. The van der Waals surface area contributed by atoms with Crippen LogP contribution in [0.5, 0.6) is 0 Å². The first kappa shape index (κ1) is 9.01. The van der Waals surface area contributed by atoms with E-state index in [2.05, 4.69) is 22.6 Å². The molecule has 0 saturated carbocycles. The number of nitrogens with one attached hydrogen (secondary N) is 1. The number of H-pyrrole nitrogens is 1. The largest absolute Gasteiger partial charge is 0.341 e. The first-order valence-electron chi connectivity index (χ1n) is 3.95. The molecule has 1 aromatic heterocycles. The van der Waals surface area contributed by atoms with E-state index in [-0.39, 0.29) is 5.69 Å². The van der Waals surface area contributed by atoms with Gasteiger partial charge in [0.25, 0.3) is 5.69 Å². The van der Waals surface area contributed by atoms with Crippen LogP contribution in [0, 0.1) is 10.1 Å². The summed E-state index contributed by atoms with van der Waals surface area (Å²) in [6, 6.07) is 4.81. The van der Waals surface area contributed by atoms with Crippen molar-refractivity contribution < 1.29 is 4.92 Å². The lowest BCUT2D eigenvalue weighted by Crippen LogP contribution is -1.88. The first-order valence-corrected chi connectivity index (χ1v) is 4.58. The van der Waals surface area contributed by atoms with Crippen molar-refractivity contribution in [3.05, 3.63) is 34.1 Å². The summed E-state index contributed by atoms with van der Waals surface area (Å²) in [7, 11) is 0. The maximum atomic E-state index is 10.6. The lowest BCUT2D eigenvalue weighted by molar-refractivity contribution is -0.383. The summed E-state index contributed by atoms with van der Waals surface area (Å²) in [6.07, 6.45) is 0. The Morgan fingerprint density at radius 1 is 1.57 bits per heavy atom. The van der Waals surface area contributed by atoms with Gasteiger partial charge in [-0.1, -0.05) is 6.07 Å². The van der Waals surface area contributed by atoms with Gasteiger partial charge in [-0.2, -0.15) is 12.6 Å². The highest BCUT2D eigenvalue weighted by atomic mass is 32.1. The molecular weight excluding hydrogens is 202 g/mol. The molecule has 1 N–H and O–H groups in total. The summed E-state index contributed by atoms with van der Waals surface area (Å²) < 4.78 is 0. The zero-order valence-electron chi connectivity index (χ0n) is 7.10. The molecule has 0 aliphatic rings. The number of non-ortho nitro benzene ring substituents is 1. The summed E-state index contributed by atoms with van der Waals surface area (Å²) in [5.41, 5.74) is 1.08. The van der Waals surface area contributed by atoms with Gasteiger partial charge in [0, 0.05) is 11.8 Å². The zero-order valence-corrected chi connectivity index (χ0v) is 7.99. The van der Waals surface area contributed by atoms with Crippen molar-refractivity contribution in [2.75, 3.05) is 0 Å². The highest BCUT2D eigenvalue weighted by molar-refractivity contribution is 7.79. The number of rotatable bonds is 2. The van der Waals surface area contributed by atoms with E-state index in [1.807, 2.05) is 0 Å². The summed E-state index contributed by atoms with van der Waals surface area (Å²) in [6.45, 7) is 0. The van der Waals surface area contributed by atoms with Crippen LogP contribution in [0.4, 0.5) is 5.69 Å². The van der Waals surface area contributed by atoms with Crippen LogP contribution in [0.1, 0.15) is 5.82 Å². The van der Waals surface area contributed by atoms with Crippen molar-refractivity contribution >= 4 is 29.3 Å². The van der Waals surface area contributed by atoms with Crippen molar-refractivity contribution in [2.24, 2.45) is 0 Å². The van der Waals surface area contributed by atoms with Gasteiger partial charge in [0.05, 0.1) is 10.4 Å². The molecule has 0 radical (unpaired) electrons. The second-order valence-electron chi connectivity index (χ2n) is 2.77. The molecule has 2 rings (SSSR count). The maximum Gasteiger partial charge on any atom is 0.297 e. The fourth-order valence-corrected chi connectivity index (χ4v) is 1.44. The highest BCUT2D eigenvalue weighted by Gasteiger charge is 2.14. The standard InChI is InChI=1S/C8H7N3O2S/c12-11(13)6-3-1-2-5-8(6)10-7(4-14)9-5/h1-3,14H,4H2,(H,9,10). The topological polar surface area (TPSA) is 71.8 Å². The van der Waals surface area contributed by atoms with Crippen molar-refractivity contribution in [3.63, 3.8) is 0 Å². The molecule has 1 heterocycles. The number of benzene rings is 1. The Kier molecular flexibility index (Phi) is 2.12. The SMILES string of the molecule is O=[N+]([O-])c1cccc2[nH]c(CS)nc12. The van der Waals surface area contributed by atoms with Crippen LogP contribution in [-0.2, 0) is 5.75 Å². The van der Waals surface area contributed by atoms with E-state index >= 15 is 0 Å². The molecule has 2 aromatic rings. The number of nitro benzene ring substituents is 1. The average molecular weight is 209 g/mol. The number of aromatic nitrogens is 2. The summed E-state index contributed by atoms with van der Waals surface area (Å²) in [5.74, 6) is 1.07. The highest BCUT2D eigenvalue weighted by Crippen LogP contribution is 2.23. The van der Waals surface area contributed by atoms with Crippen LogP contribution < -0.4 is 0 Å². The predicted molar refractivity (Wildman–Crippen MR) is 55.4 cm³/mol. The van der Waals surface area contributed by atoms with E-state index in [1.165, 1.54) is 6.07 Å². The van der Waals surface area contributed by atoms with Gasteiger partial charge >= 0.3 is 0 Å². The quantitative estimate of drug-likeness (QED) is 0.450. The van der Waals surface area contributed by atoms with Crippen LogP contribution in [0.2, 0.25) is 0 Å². The third kappa shape index (κ3) is 1.33. The number of aromatic amines is 1. The Labute approximate surface area is 84.7 Å². The van der Waals surface area contributed by atoms with Crippen LogP contribution >= 0.6 is 12.6 Å². The number of nitro groups is 1. The molecule has 0 spiro atoms. The monoisotopic (exact) mass is 209 g/mol. The fraction of sp³-hybridized carbons (Fsp3) is 0.125. The smallest absolute Gasteiger partial charge is 0.297 e. The number of fused-ring (bicyclic) bond motifs is 1. The Balaban J connectivity index is 2.73. The molecule has 0 atom stereocenters. The van der Waals surface area contributed by atoms with E-state index in [0.29, 0.717) is 22.6 Å². The third-order valence-corrected chi connectivity index (χ3v) is 2.19. The fourth-order valence-electron chi connectivity index (χ4n) is 1.29.